The molecule has 3 heterocycles. The topological polar surface area (TPSA) is 84.0 Å². The molecule has 2 fully saturated rings. The molecule has 1 amide bonds. The molecular formula is C30H50N4O4. The third-order valence-corrected chi connectivity index (χ3v) is 8.30. The van der Waals surface area contributed by atoms with Gasteiger partial charge in [-0.15, -0.1) is 0 Å². The van der Waals surface area contributed by atoms with E-state index in [2.05, 4.69) is 43.1 Å². The number of hydrogen-bond acceptors (Lipinski definition) is 7. The fourth-order valence-corrected chi connectivity index (χ4v) is 5.64. The monoisotopic (exact) mass is 530 g/mol. The lowest BCUT2D eigenvalue weighted by molar-refractivity contribution is -0.159. The lowest BCUT2D eigenvalue weighted by atomic mass is 9.74. The highest BCUT2D eigenvalue weighted by molar-refractivity contribution is 5.77. The normalized spacial score (nSPS) is 20.2. The summed E-state index contributed by atoms with van der Waals surface area (Å²) in [6.07, 6.45) is 4.89. The van der Waals surface area contributed by atoms with Gasteiger partial charge < -0.3 is 24.6 Å². The zero-order valence-electron chi connectivity index (χ0n) is 24.8. The molecule has 38 heavy (non-hydrogen) atoms. The van der Waals surface area contributed by atoms with Gasteiger partial charge in [-0.1, -0.05) is 20.3 Å². The zero-order chi connectivity index (χ0) is 27.9. The molecule has 0 aliphatic carbocycles. The van der Waals surface area contributed by atoms with Gasteiger partial charge in [0, 0.05) is 32.7 Å². The van der Waals surface area contributed by atoms with E-state index in [0.29, 0.717) is 32.5 Å². The van der Waals surface area contributed by atoms with E-state index in [4.69, 9.17) is 14.5 Å². The Bertz CT molecular complexity index is 937. The quantitative estimate of drug-likeness (QED) is 0.292. The van der Waals surface area contributed by atoms with Crippen LogP contribution in [0.4, 0.5) is 16.3 Å². The highest BCUT2D eigenvalue weighted by Gasteiger charge is 2.43. The summed E-state index contributed by atoms with van der Waals surface area (Å²) in [6, 6.07) is 4.26. The molecule has 2 aliphatic heterocycles. The summed E-state index contributed by atoms with van der Waals surface area (Å²) < 4.78 is 11.0. The molecule has 2 aliphatic rings. The fraction of sp³-hybridized carbons (Fsp3) is 0.767. The maximum Gasteiger partial charge on any atom is 0.410 e. The number of nitrogens with zero attached hydrogens (tertiary/aromatic N) is 3. The molecule has 1 aromatic heterocycles. The Morgan fingerprint density at radius 1 is 1.18 bits per heavy atom. The summed E-state index contributed by atoms with van der Waals surface area (Å²) in [5, 5.41) is 3.53. The minimum absolute atomic E-state index is 0.146. The molecule has 8 nitrogen and oxygen atoms in total. The molecule has 0 aromatic carbocycles. The highest BCUT2D eigenvalue weighted by Crippen LogP contribution is 2.38. The lowest BCUT2D eigenvalue weighted by Gasteiger charge is -2.40. The Balaban J connectivity index is 1.53. The Kier molecular flexibility index (Phi) is 10.3. The number of amides is 1. The molecule has 0 bridgehead atoms. The third kappa shape index (κ3) is 7.76. The maximum atomic E-state index is 13.0. The molecule has 1 N–H and O–H groups in total. The molecule has 2 unspecified atom stereocenters. The van der Waals surface area contributed by atoms with Gasteiger partial charge in [0.1, 0.15) is 11.4 Å². The molecule has 214 valence electrons. The smallest absolute Gasteiger partial charge is 0.410 e. The number of likely N-dealkylation sites (tertiary alicyclic amines) is 1. The Labute approximate surface area is 229 Å². The second-order valence-electron chi connectivity index (χ2n) is 12.2. The number of piperidine rings is 1. The number of carbonyl (C=O) groups excluding carboxylic acids is 2. The van der Waals surface area contributed by atoms with Gasteiger partial charge in [0.05, 0.1) is 23.4 Å². The summed E-state index contributed by atoms with van der Waals surface area (Å²) in [5.41, 5.74) is 0.945. The van der Waals surface area contributed by atoms with Crippen molar-refractivity contribution in [3.05, 3.63) is 17.8 Å². The molecule has 0 saturated carbocycles. The minimum Gasteiger partial charge on any atom is -0.466 e. The van der Waals surface area contributed by atoms with Crippen molar-refractivity contribution in [1.82, 2.24) is 9.88 Å². The van der Waals surface area contributed by atoms with Gasteiger partial charge in [-0.25, -0.2) is 9.78 Å². The van der Waals surface area contributed by atoms with E-state index < -0.39 is 11.0 Å². The van der Waals surface area contributed by atoms with Crippen molar-refractivity contribution in [2.45, 2.75) is 92.6 Å². The first-order valence-corrected chi connectivity index (χ1v) is 14.6. The fourth-order valence-electron chi connectivity index (χ4n) is 5.64. The summed E-state index contributed by atoms with van der Waals surface area (Å²) in [5.74, 6) is 2.43. The Morgan fingerprint density at radius 2 is 1.89 bits per heavy atom. The number of carbonyl (C=O) groups is 2. The van der Waals surface area contributed by atoms with E-state index >= 15 is 0 Å². The molecule has 2 saturated heterocycles. The first-order chi connectivity index (χ1) is 18.0. The van der Waals surface area contributed by atoms with Crippen LogP contribution >= 0.6 is 0 Å². The average molecular weight is 531 g/mol. The van der Waals surface area contributed by atoms with Crippen molar-refractivity contribution in [3.8, 4) is 0 Å². The molecule has 8 heteroatoms. The predicted octanol–water partition coefficient (Wildman–Crippen LogP) is 6.03. The first-order valence-electron chi connectivity index (χ1n) is 14.6. The second-order valence-corrected chi connectivity index (χ2v) is 12.2. The van der Waals surface area contributed by atoms with Crippen LogP contribution in [0.15, 0.2) is 12.1 Å². The van der Waals surface area contributed by atoms with Crippen molar-refractivity contribution < 1.29 is 19.1 Å². The van der Waals surface area contributed by atoms with Crippen LogP contribution in [0, 0.1) is 24.2 Å². The van der Waals surface area contributed by atoms with Gasteiger partial charge in [0.2, 0.25) is 0 Å². The number of hydrogen-bond donors (Lipinski definition) is 1. The van der Waals surface area contributed by atoms with Gasteiger partial charge in [-0.2, -0.15) is 0 Å². The summed E-state index contributed by atoms with van der Waals surface area (Å²) >= 11 is 0. The second kappa shape index (κ2) is 13.0. The number of nitrogens with one attached hydrogen (secondary N) is 1. The summed E-state index contributed by atoms with van der Waals surface area (Å²) in [6.45, 7) is 18.4. The van der Waals surface area contributed by atoms with Crippen molar-refractivity contribution in [2.24, 2.45) is 17.3 Å². The van der Waals surface area contributed by atoms with Crippen LogP contribution < -0.4 is 10.2 Å². The molecule has 0 radical (unpaired) electrons. The number of aromatic nitrogens is 1. The number of esters is 1. The van der Waals surface area contributed by atoms with E-state index in [1.54, 1.807) is 4.90 Å². The van der Waals surface area contributed by atoms with Gasteiger partial charge in [0.15, 0.2) is 0 Å². The minimum atomic E-state index is -0.560. The van der Waals surface area contributed by atoms with E-state index in [9.17, 15) is 9.59 Å². The van der Waals surface area contributed by atoms with Gasteiger partial charge in [0.25, 0.3) is 0 Å². The SMILES string of the molecule is CCOC(=O)C1(CCCNc2ccc(N3CCC(C(C)CC)C3)nc2C)CCN(C(=O)OC(C)(C)C)CC1. The number of anilines is 2. The van der Waals surface area contributed by atoms with Crippen molar-refractivity contribution in [3.63, 3.8) is 0 Å². The van der Waals surface area contributed by atoms with Crippen LogP contribution in [0.2, 0.25) is 0 Å². The number of ether oxygens (including phenoxy) is 2. The van der Waals surface area contributed by atoms with Crippen LogP contribution in [0.25, 0.3) is 0 Å². The molecule has 1 aromatic rings. The van der Waals surface area contributed by atoms with Crippen LogP contribution in [0.1, 0.15) is 85.8 Å². The highest BCUT2D eigenvalue weighted by atomic mass is 16.6. The average Bonchev–Trinajstić information content (AvgIpc) is 3.37. The Morgan fingerprint density at radius 3 is 2.50 bits per heavy atom. The first kappa shape index (κ1) is 30.0. The van der Waals surface area contributed by atoms with Gasteiger partial charge in [-0.3, -0.25) is 4.79 Å². The third-order valence-electron chi connectivity index (χ3n) is 8.30. The Hall–Kier alpha value is -2.51. The predicted molar refractivity (Wildman–Crippen MR) is 153 cm³/mol. The van der Waals surface area contributed by atoms with Crippen LogP contribution in [-0.2, 0) is 14.3 Å². The zero-order valence-corrected chi connectivity index (χ0v) is 24.8. The molecule has 3 rings (SSSR count). The largest absolute Gasteiger partial charge is 0.466 e. The van der Waals surface area contributed by atoms with E-state index in [-0.39, 0.29) is 12.1 Å². The van der Waals surface area contributed by atoms with Crippen molar-refractivity contribution in [2.75, 3.05) is 49.5 Å². The van der Waals surface area contributed by atoms with E-state index in [1.165, 1.54) is 12.8 Å². The summed E-state index contributed by atoms with van der Waals surface area (Å²) in [4.78, 5) is 34.5. The lowest BCUT2D eigenvalue weighted by Crippen LogP contribution is -2.48. The van der Waals surface area contributed by atoms with E-state index in [0.717, 1.165) is 61.5 Å². The molecular weight excluding hydrogens is 480 g/mol. The van der Waals surface area contributed by atoms with Gasteiger partial charge in [-0.05, 0) is 90.7 Å². The van der Waals surface area contributed by atoms with Crippen LogP contribution in [0.5, 0.6) is 0 Å². The van der Waals surface area contributed by atoms with Crippen LogP contribution in [0.3, 0.4) is 0 Å². The van der Waals surface area contributed by atoms with Crippen molar-refractivity contribution >= 4 is 23.6 Å². The number of aryl methyl sites for hydroxylation is 1. The van der Waals surface area contributed by atoms with Crippen molar-refractivity contribution in [1.29, 1.82) is 0 Å². The maximum absolute atomic E-state index is 13.0. The standard InChI is InChI=1S/C30H50N4O4/c1-8-22(3)24-13-18-34(21-24)26-12-11-25(23(4)32-26)31-17-10-14-30(27(35)37-9-2)15-19-33(20-16-30)28(36)38-29(5,6)7/h11-12,22,24,31H,8-10,13-21H2,1-7H3. The van der Waals surface area contributed by atoms with Gasteiger partial charge >= 0.3 is 12.1 Å². The number of rotatable bonds is 10. The summed E-state index contributed by atoms with van der Waals surface area (Å²) in [7, 11) is 0. The van der Waals surface area contributed by atoms with E-state index in [1.807, 2.05) is 27.7 Å². The molecule has 0 spiro atoms. The van der Waals surface area contributed by atoms with Crippen LogP contribution in [-0.4, -0.2) is 66.9 Å². The molecule has 2 atom stereocenters. The number of pyridine rings is 1.